The van der Waals surface area contributed by atoms with Gasteiger partial charge >= 0.3 is 0 Å². The van der Waals surface area contributed by atoms with Crippen LogP contribution in [0, 0.1) is 13.8 Å². The van der Waals surface area contributed by atoms with Gasteiger partial charge in [-0.25, -0.2) is 0 Å². The quantitative estimate of drug-likeness (QED) is 0.618. The molecule has 64 valence electrons. The molecule has 0 amide bonds. The van der Waals surface area contributed by atoms with Crippen LogP contribution in [0.4, 0.5) is 0 Å². The highest BCUT2D eigenvalue weighted by Gasteiger charge is 2.26. The van der Waals surface area contributed by atoms with Crippen LogP contribution in [0.3, 0.4) is 0 Å². The van der Waals surface area contributed by atoms with Gasteiger partial charge in [-0.05, 0) is 31.0 Å². The lowest BCUT2D eigenvalue weighted by Crippen LogP contribution is -1.91. The van der Waals surface area contributed by atoms with Crippen molar-refractivity contribution in [2.24, 2.45) is 0 Å². The molecule has 0 radical (unpaired) electrons. The van der Waals surface area contributed by atoms with Gasteiger partial charge in [0, 0.05) is 18.2 Å². The Labute approximate surface area is 72.2 Å². The Kier molecular flexibility index (Phi) is 1.58. The van der Waals surface area contributed by atoms with Crippen molar-refractivity contribution < 1.29 is 5.11 Å². The maximum atomic E-state index is 9.64. The highest BCUT2D eigenvalue weighted by Crippen LogP contribution is 2.33. The molecule has 1 fully saturated rings. The average Bonchev–Trinajstić information content (AvgIpc) is 2.68. The van der Waals surface area contributed by atoms with Crippen molar-refractivity contribution in [3.8, 4) is 5.75 Å². The number of benzene rings is 1. The minimum absolute atomic E-state index is 0.394. The molecule has 0 unspecified atom stereocenters. The number of hydrogen-bond donors (Lipinski definition) is 2. The van der Waals surface area contributed by atoms with Crippen molar-refractivity contribution in [2.45, 2.75) is 19.9 Å². The summed E-state index contributed by atoms with van der Waals surface area (Å²) in [5.74, 6) is 0.433. The van der Waals surface area contributed by atoms with Crippen LogP contribution in [0.2, 0.25) is 0 Å². The molecule has 1 aliphatic heterocycles. The molecule has 1 aromatic carbocycles. The van der Waals surface area contributed by atoms with Gasteiger partial charge in [-0.1, -0.05) is 6.07 Å². The number of nitrogens with one attached hydrogen (secondary N) is 1. The zero-order valence-electron chi connectivity index (χ0n) is 7.39. The Balaban J connectivity index is 2.51. The average molecular weight is 163 g/mol. The minimum atomic E-state index is 0.394. The summed E-state index contributed by atoms with van der Waals surface area (Å²) < 4.78 is 0. The second-order valence-corrected chi connectivity index (χ2v) is 3.48. The summed E-state index contributed by atoms with van der Waals surface area (Å²) in [6.07, 6.45) is 0. The molecule has 2 N–H and O–H groups in total. The van der Waals surface area contributed by atoms with Crippen LogP contribution in [0.25, 0.3) is 0 Å². The predicted octanol–water partition coefficient (Wildman–Crippen LogP) is 1.65. The number of phenols is 1. The Morgan fingerprint density at radius 3 is 2.58 bits per heavy atom. The normalized spacial score (nSPS) is 21.0. The highest BCUT2D eigenvalue weighted by molar-refractivity contribution is 5.45. The molecule has 0 saturated carbocycles. The van der Waals surface area contributed by atoms with E-state index >= 15 is 0 Å². The van der Waals surface area contributed by atoms with Crippen molar-refractivity contribution in [1.29, 1.82) is 0 Å². The summed E-state index contributed by atoms with van der Waals surface area (Å²) in [7, 11) is 0. The molecule has 2 heteroatoms. The molecule has 1 atom stereocenters. The van der Waals surface area contributed by atoms with Gasteiger partial charge < -0.3 is 10.4 Å². The molecular formula is C10H13NO. The SMILES string of the molecule is Cc1cc(C)c([C@H]2CN2)c(O)c1. The van der Waals surface area contributed by atoms with Crippen LogP contribution in [0.5, 0.6) is 5.75 Å². The molecule has 1 aliphatic rings. The van der Waals surface area contributed by atoms with E-state index in [-0.39, 0.29) is 0 Å². The second kappa shape index (κ2) is 2.49. The summed E-state index contributed by atoms with van der Waals surface area (Å²) in [5.41, 5.74) is 3.37. The van der Waals surface area contributed by atoms with Crippen LogP contribution in [0.1, 0.15) is 22.7 Å². The van der Waals surface area contributed by atoms with Crippen molar-refractivity contribution in [3.05, 3.63) is 28.8 Å². The van der Waals surface area contributed by atoms with Crippen molar-refractivity contribution >= 4 is 0 Å². The zero-order valence-corrected chi connectivity index (χ0v) is 7.39. The summed E-state index contributed by atoms with van der Waals surface area (Å²) in [5, 5.41) is 12.8. The van der Waals surface area contributed by atoms with Gasteiger partial charge in [-0.2, -0.15) is 0 Å². The first kappa shape index (κ1) is 7.62. The van der Waals surface area contributed by atoms with E-state index in [0.29, 0.717) is 11.8 Å². The third kappa shape index (κ3) is 1.18. The first-order valence-corrected chi connectivity index (χ1v) is 4.22. The fourth-order valence-electron chi connectivity index (χ4n) is 1.67. The lowest BCUT2D eigenvalue weighted by molar-refractivity contribution is 0.467. The molecular weight excluding hydrogens is 150 g/mol. The first-order chi connectivity index (χ1) is 5.68. The standard InChI is InChI=1S/C10H13NO/c1-6-3-7(2)10(8-5-11-8)9(12)4-6/h3-4,8,11-12H,5H2,1-2H3/t8-/m1/s1. The van der Waals surface area contributed by atoms with Crippen molar-refractivity contribution in [1.82, 2.24) is 5.32 Å². The van der Waals surface area contributed by atoms with Gasteiger partial charge in [-0.15, -0.1) is 0 Å². The minimum Gasteiger partial charge on any atom is -0.508 e. The van der Waals surface area contributed by atoms with Crippen molar-refractivity contribution in [2.75, 3.05) is 6.54 Å². The molecule has 12 heavy (non-hydrogen) atoms. The number of aryl methyl sites for hydroxylation is 2. The molecule has 0 bridgehead atoms. The van der Waals surface area contributed by atoms with Gasteiger partial charge in [-0.3, -0.25) is 0 Å². The van der Waals surface area contributed by atoms with Crippen LogP contribution in [0.15, 0.2) is 12.1 Å². The number of hydrogen-bond acceptors (Lipinski definition) is 2. The maximum Gasteiger partial charge on any atom is 0.120 e. The smallest absolute Gasteiger partial charge is 0.120 e. The van der Waals surface area contributed by atoms with Gasteiger partial charge in [0.1, 0.15) is 5.75 Å². The van der Waals surface area contributed by atoms with Gasteiger partial charge in [0.25, 0.3) is 0 Å². The molecule has 1 heterocycles. The lowest BCUT2D eigenvalue weighted by Gasteiger charge is -2.07. The Bertz CT molecular complexity index is 293. The molecule has 1 saturated heterocycles. The Hall–Kier alpha value is -1.02. The maximum absolute atomic E-state index is 9.64. The fourth-order valence-corrected chi connectivity index (χ4v) is 1.67. The van der Waals surface area contributed by atoms with Crippen LogP contribution in [-0.4, -0.2) is 11.7 Å². The second-order valence-electron chi connectivity index (χ2n) is 3.48. The zero-order chi connectivity index (χ0) is 8.72. The highest BCUT2D eigenvalue weighted by atomic mass is 16.3. The van der Waals surface area contributed by atoms with Crippen LogP contribution >= 0.6 is 0 Å². The van der Waals surface area contributed by atoms with E-state index in [1.165, 1.54) is 5.56 Å². The number of rotatable bonds is 1. The third-order valence-electron chi connectivity index (χ3n) is 2.27. The number of phenolic OH excluding ortho intramolecular Hbond substituents is 1. The molecule has 2 nitrogen and oxygen atoms in total. The van der Waals surface area contributed by atoms with E-state index < -0.39 is 0 Å². The third-order valence-corrected chi connectivity index (χ3v) is 2.27. The van der Waals surface area contributed by atoms with Crippen LogP contribution in [-0.2, 0) is 0 Å². The summed E-state index contributed by atoms with van der Waals surface area (Å²) in [6.45, 7) is 5.04. The summed E-state index contributed by atoms with van der Waals surface area (Å²) in [6, 6.07) is 4.32. The van der Waals surface area contributed by atoms with E-state index in [2.05, 4.69) is 11.4 Å². The van der Waals surface area contributed by atoms with E-state index in [1.54, 1.807) is 0 Å². The largest absolute Gasteiger partial charge is 0.508 e. The van der Waals surface area contributed by atoms with Gasteiger partial charge in [0.05, 0.1) is 0 Å². The van der Waals surface area contributed by atoms with Gasteiger partial charge in [0.2, 0.25) is 0 Å². The Morgan fingerprint density at radius 2 is 2.08 bits per heavy atom. The molecule has 0 spiro atoms. The molecule has 2 rings (SSSR count). The molecule has 1 aromatic rings. The summed E-state index contributed by atoms with van der Waals surface area (Å²) >= 11 is 0. The fraction of sp³-hybridized carbons (Fsp3) is 0.400. The van der Waals surface area contributed by atoms with Gasteiger partial charge in [0.15, 0.2) is 0 Å². The predicted molar refractivity (Wildman–Crippen MR) is 48.3 cm³/mol. The molecule has 0 aliphatic carbocycles. The summed E-state index contributed by atoms with van der Waals surface area (Å²) in [4.78, 5) is 0. The number of aromatic hydroxyl groups is 1. The van der Waals surface area contributed by atoms with Crippen molar-refractivity contribution in [3.63, 3.8) is 0 Å². The lowest BCUT2D eigenvalue weighted by atomic mass is 10.0. The van der Waals surface area contributed by atoms with E-state index in [1.807, 2.05) is 19.9 Å². The van der Waals surface area contributed by atoms with E-state index in [9.17, 15) is 5.11 Å². The monoisotopic (exact) mass is 163 g/mol. The topological polar surface area (TPSA) is 42.2 Å². The molecule has 0 aromatic heterocycles. The van der Waals surface area contributed by atoms with Crippen LogP contribution < -0.4 is 5.32 Å². The Morgan fingerprint density at radius 1 is 1.42 bits per heavy atom. The first-order valence-electron chi connectivity index (χ1n) is 4.22. The van der Waals surface area contributed by atoms with E-state index in [4.69, 9.17) is 0 Å². The van der Waals surface area contributed by atoms with E-state index in [0.717, 1.165) is 17.7 Å².